The van der Waals surface area contributed by atoms with E-state index < -0.39 is 5.41 Å². The van der Waals surface area contributed by atoms with E-state index in [1.54, 1.807) is 0 Å². The topological polar surface area (TPSA) is 3.24 Å². The van der Waals surface area contributed by atoms with Crippen molar-refractivity contribution in [3.63, 3.8) is 0 Å². The minimum Gasteiger partial charge on any atom is -0.310 e. The maximum Gasteiger partial charge on any atom is 0.0720 e. The molecular formula is C59H41N. The fourth-order valence-electron chi connectivity index (χ4n) is 9.58. The average molecular weight is 764 g/mol. The standard InChI is InChI=1S/C59H41N/c1-4-16-42(17-5-1)44-30-34-50(35-31-44)60(51-36-32-45(33-37-51)48-29-28-43-18-10-11-21-47(43)40-48)52-38-39-55-54-25-13-15-27-57(54)59(58(55)41-52,49-22-8-3-9-23-49)56-26-14-12-24-53(56)46-19-6-2-7-20-46/h1-41H. The highest BCUT2D eigenvalue weighted by atomic mass is 15.1. The zero-order chi connectivity index (χ0) is 39.9. The molecule has 1 aliphatic carbocycles. The molecule has 1 heteroatoms. The van der Waals surface area contributed by atoms with Gasteiger partial charge in [-0.25, -0.2) is 0 Å². The maximum absolute atomic E-state index is 2.46. The van der Waals surface area contributed by atoms with Crippen LogP contribution in [0.15, 0.2) is 249 Å². The predicted molar refractivity (Wildman–Crippen MR) is 252 cm³/mol. The second-order valence-corrected chi connectivity index (χ2v) is 15.7. The molecule has 0 aromatic heterocycles. The first kappa shape index (κ1) is 35.4. The molecule has 60 heavy (non-hydrogen) atoms. The number of fused-ring (bicyclic) bond motifs is 4. The van der Waals surface area contributed by atoms with Crippen molar-refractivity contribution in [1.82, 2.24) is 0 Å². The summed E-state index contributed by atoms with van der Waals surface area (Å²) in [4.78, 5) is 2.42. The zero-order valence-corrected chi connectivity index (χ0v) is 33.1. The number of hydrogen-bond donors (Lipinski definition) is 0. The van der Waals surface area contributed by atoms with E-state index in [4.69, 9.17) is 0 Å². The first-order valence-electron chi connectivity index (χ1n) is 20.8. The summed E-state index contributed by atoms with van der Waals surface area (Å²) in [5.74, 6) is 0. The van der Waals surface area contributed by atoms with Crippen LogP contribution >= 0.6 is 0 Å². The largest absolute Gasteiger partial charge is 0.310 e. The van der Waals surface area contributed by atoms with Crippen molar-refractivity contribution in [2.75, 3.05) is 4.90 Å². The zero-order valence-electron chi connectivity index (χ0n) is 33.1. The van der Waals surface area contributed by atoms with Gasteiger partial charge in [-0.15, -0.1) is 0 Å². The number of rotatable bonds is 8. The van der Waals surface area contributed by atoms with Crippen LogP contribution in [0.5, 0.6) is 0 Å². The molecule has 0 fully saturated rings. The van der Waals surface area contributed by atoms with Crippen LogP contribution in [-0.4, -0.2) is 0 Å². The fourth-order valence-corrected chi connectivity index (χ4v) is 9.58. The van der Waals surface area contributed by atoms with Crippen LogP contribution in [0.1, 0.15) is 22.3 Å². The van der Waals surface area contributed by atoms with Gasteiger partial charge >= 0.3 is 0 Å². The molecule has 1 unspecified atom stereocenters. The fraction of sp³-hybridized carbons (Fsp3) is 0.0169. The minimum absolute atomic E-state index is 0.585. The van der Waals surface area contributed by atoms with Crippen LogP contribution in [0, 0.1) is 0 Å². The van der Waals surface area contributed by atoms with Crippen molar-refractivity contribution in [1.29, 1.82) is 0 Å². The lowest BCUT2D eigenvalue weighted by molar-refractivity contribution is 0.770. The summed E-state index contributed by atoms with van der Waals surface area (Å²) in [6.45, 7) is 0. The van der Waals surface area contributed by atoms with Crippen molar-refractivity contribution < 1.29 is 0 Å². The third-order valence-electron chi connectivity index (χ3n) is 12.4. The van der Waals surface area contributed by atoms with Gasteiger partial charge in [-0.05, 0) is 120 Å². The van der Waals surface area contributed by atoms with Gasteiger partial charge in [0, 0.05) is 17.1 Å². The van der Waals surface area contributed by atoms with Gasteiger partial charge in [-0.2, -0.15) is 0 Å². The Labute approximate surface area is 352 Å². The predicted octanol–water partition coefficient (Wildman–Crippen LogP) is 15.7. The van der Waals surface area contributed by atoms with E-state index in [1.807, 2.05) is 0 Å². The van der Waals surface area contributed by atoms with Crippen LogP contribution in [0.4, 0.5) is 17.1 Å². The van der Waals surface area contributed by atoms with Crippen molar-refractivity contribution in [3.8, 4) is 44.5 Å². The van der Waals surface area contributed by atoms with Crippen LogP contribution in [0.3, 0.4) is 0 Å². The molecule has 0 radical (unpaired) electrons. The lowest BCUT2D eigenvalue weighted by atomic mass is 9.66. The molecule has 0 saturated heterocycles. The molecule has 1 nitrogen and oxygen atoms in total. The van der Waals surface area contributed by atoms with E-state index in [0.717, 1.165) is 17.1 Å². The van der Waals surface area contributed by atoms with Crippen molar-refractivity contribution in [3.05, 3.63) is 271 Å². The van der Waals surface area contributed by atoms with Crippen LogP contribution < -0.4 is 4.90 Å². The summed E-state index contributed by atoms with van der Waals surface area (Å²) in [7, 11) is 0. The van der Waals surface area contributed by atoms with E-state index in [0.29, 0.717) is 0 Å². The van der Waals surface area contributed by atoms with Gasteiger partial charge in [0.05, 0.1) is 5.41 Å². The Morgan fingerprint density at radius 1 is 0.250 bits per heavy atom. The average Bonchev–Trinajstić information content (AvgIpc) is 3.63. The van der Waals surface area contributed by atoms with Gasteiger partial charge in [-0.1, -0.05) is 206 Å². The van der Waals surface area contributed by atoms with Crippen LogP contribution in [0.25, 0.3) is 55.3 Å². The Morgan fingerprint density at radius 2 is 0.700 bits per heavy atom. The molecule has 0 N–H and O–H groups in total. The van der Waals surface area contributed by atoms with Gasteiger partial charge in [0.2, 0.25) is 0 Å². The number of nitrogens with zero attached hydrogens (tertiary/aromatic N) is 1. The Hall–Kier alpha value is -7.74. The maximum atomic E-state index is 2.46. The van der Waals surface area contributed by atoms with Crippen LogP contribution in [-0.2, 0) is 5.41 Å². The summed E-state index contributed by atoms with van der Waals surface area (Å²) < 4.78 is 0. The van der Waals surface area contributed by atoms with E-state index in [9.17, 15) is 0 Å². The molecule has 282 valence electrons. The highest BCUT2D eigenvalue weighted by Gasteiger charge is 2.47. The molecule has 0 heterocycles. The summed E-state index contributed by atoms with van der Waals surface area (Å²) in [5.41, 5.74) is 17.5. The quantitative estimate of drug-likeness (QED) is 0.149. The molecule has 1 aliphatic rings. The first-order chi connectivity index (χ1) is 29.8. The van der Waals surface area contributed by atoms with Crippen molar-refractivity contribution in [2.24, 2.45) is 0 Å². The molecule has 11 rings (SSSR count). The van der Waals surface area contributed by atoms with Gasteiger partial charge in [0.25, 0.3) is 0 Å². The third-order valence-corrected chi connectivity index (χ3v) is 12.4. The lowest BCUT2D eigenvalue weighted by Gasteiger charge is -2.36. The highest BCUT2D eigenvalue weighted by Crippen LogP contribution is 2.58. The number of anilines is 3. The van der Waals surface area contributed by atoms with Crippen LogP contribution in [0.2, 0.25) is 0 Å². The number of benzene rings is 10. The summed E-state index contributed by atoms with van der Waals surface area (Å²) >= 11 is 0. The highest BCUT2D eigenvalue weighted by molar-refractivity contribution is 5.92. The Kier molecular flexibility index (Phi) is 8.79. The van der Waals surface area contributed by atoms with E-state index in [2.05, 4.69) is 254 Å². The molecule has 0 spiro atoms. The second-order valence-electron chi connectivity index (χ2n) is 15.7. The summed E-state index contributed by atoms with van der Waals surface area (Å²) in [6.07, 6.45) is 0. The lowest BCUT2D eigenvalue weighted by Crippen LogP contribution is -2.29. The monoisotopic (exact) mass is 763 g/mol. The molecule has 10 aromatic carbocycles. The second kappa shape index (κ2) is 14.9. The van der Waals surface area contributed by atoms with Gasteiger partial charge in [0.1, 0.15) is 0 Å². The molecule has 0 bridgehead atoms. The van der Waals surface area contributed by atoms with Gasteiger partial charge in [0.15, 0.2) is 0 Å². The molecule has 1 atom stereocenters. The van der Waals surface area contributed by atoms with Gasteiger partial charge in [-0.3, -0.25) is 0 Å². The first-order valence-corrected chi connectivity index (χ1v) is 20.8. The van der Waals surface area contributed by atoms with Gasteiger partial charge < -0.3 is 4.90 Å². The van der Waals surface area contributed by atoms with Crippen molar-refractivity contribution >= 4 is 27.8 Å². The smallest absolute Gasteiger partial charge is 0.0720 e. The molecule has 0 amide bonds. The minimum atomic E-state index is -0.585. The summed E-state index contributed by atoms with van der Waals surface area (Å²) in [5, 5.41) is 2.49. The summed E-state index contributed by atoms with van der Waals surface area (Å²) in [6, 6.07) is 91.1. The Balaban J connectivity index is 1.13. The van der Waals surface area contributed by atoms with Crippen molar-refractivity contribution in [2.45, 2.75) is 5.41 Å². The SMILES string of the molecule is c1ccc(-c2ccc(N(c3ccc(-c4ccc5ccccc5c4)cc3)c3ccc4c(c3)C(c3ccccc3)(c3ccccc3-c3ccccc3)c3ccccc3-4)cc2)cc1. The molecule has 0 aliphatic heterocycles. The molecule has 10 aromatic rings. The Bertz CT molecular complexity index is 3120. The Morgan fingerprint density at radius 3 is 1.37 bits per heavy atom. The number of hydrogen-bond acceptors (Lipinski definition) is 1. The molecular weight excluding hydrogens is 723 g/mol. The normalized spacial score (nSPS) is 14.1. The molecule has 0 saturated carbocycles. The van der Waals surface area contributed by atoms with E-state index in [1.165, 1.54) is 77.5 Å². The van der Waals surface area contributed by atoms with E-state index in [-0.39, 0.29) is 0 Å². The third kappa shape index (κ3) is 5.94. The van der Waals surface area contributed by atoms with E-state index >= 15 is 0 Å².